The van der Waals surface area contributed by atoms with Crippen LogP contribution in [0.5, 0.6) is 0 Å². The maximum absolute atomic E-state index is 14.6. The lowest BCUT2D eigenvalue weighted by Gasteiger charge is -2.29. The minimum Gasteiger partial charge on any atom is -0.445 e. The average molecular weight is 754 g/mol. The second-order valence-corrected chi connectivity index (χ2v) is 13.7. The van der Waals surface area contributed by atoms with Crippen LogP contribution in [0.2, 0.25) is 0 Å². The molecule has 3 aromatic carbocycles. The van der Waals surface area contributed by atoms with E-state index in [0.29, 0.717) is 56.4 Å². The number of amides is 3. The van der Waals surface area contributed by atoms with Crippen LogP contribution in [0.25, 0.3) is 11.1 Å². The summed E-state index contributed by atoms with van der Waals surface area (Å²) in [5.41, 5.74) is 8.48. The Kier molecular flexibility index (Phi) is 14.9. The number of hydrogen-bond acceptors (Lipinski definition) is 10. The molecule has 0 unspecified atom stereocenters. The van der Waals surface area contributed by atoms with Crippen LogP contribution in [0.3, 0.4) is 0 Å². The number of benzene rings is 3. The van der Waals surface area contributed by atoms with Crippen LogP contribution in [0.15, 0.2) is 89.3 Å². The molecule has 292 valence electrons. The normalized spacial score (nSPS) is 16.3. The molecule has 5 rings (SSSR count). The number of likely N-dealkylation sites (tertiary alicyclic amines) is 1. The number of nitrogens with one attached hydrogen (secondary N) is 1. The predicted molar refractivity (Wildman–Crippen MR) is 206 cm³/mol. The van der Waals surface area contributed by atoms with Crippen molar-refractivity contribution in [1.29, 1.82) is 0 Å². The van der Waals surface area contributed by atoms with Gasteiger partial charge < -0.3 is 34.7 Å². The number of para-hydroxylation sites is 2. The van der Waals surface area contributed by atoms with Crippen molar-refractivity contribution in [2.24, 2.45) is 11.7 Å². The summed E-state index contributed by atoms with van der Waals surface area (Å²) >= 11 is 0. The summed E-state index contributed by atoms with van der Waals surface area (Å²) < 4.78 is 17.1. The molecular formula is C42H51N5O8. The van der Waals surface area contributed by atoms with Crippen LogP contribution >= 0.6 is 0 Å². The van der Waals surface area contributed by atoms with Crippen LogP contribution in [-0.2, 0) is 32.1 Å². The summed E-state index contributed by atoms with van der Waals surface area (Å²) in [6, 6.07) is 23.6. The van der Waals surface area contributed by atoms with Gasteiger partial charge in [0.05, 0.1) is 12.6 Å². The van der Waals surface area contributed by atoms with Crippen molar-refractivity contribution in [2.45, 2.75) is 83.6 Å². The fourth-order valence-electron chi connectivity index (χ4n) is 6.84. The number of nitrogens with two attached hydrogens (primary N) is 1. The Labute approximate surface area is 321 Å². The molecule has 4 atom stereocenters. The number of unbranched alkanes of at least 4 members (excludes halogenated alkanes) is 1. The quantitative estimate of drug-likeness (QED) is 0.0843. The fraction of sp³-hybridized carbons (Fsp3) is 0.429. The van der Waals surface area contributed by atoms with Gasteiger partial charge in [-0.3, -0.25) is 14.4 Å². The molecule has 1 aliphatic heterocycles. The van der Waals surface area contributed by atoms with Gasteiger partial charge in [0.15, 0.2) is 11.4 Å². The van der Waals surface area contributed by atoms with Crippen molar-refractivity contribution in [1.82, 2.24) is 20.1 Å². The number of rotatable bonds is 19. The zero-order chi connectivity index (χ0) is 39.2. The largest absolute Gasteiger partial charge is 0.445 e. The third-order valence-corrected chi connectivity index (χ3v) is 9.90. The summed E-state index contributed by atoms with van der Waals surface area (Å²) in [5, 5.41) is 2.75. The number of aromatic nitrogens is 1. The molecule has 0 aliphatic carbocycles. The van der Waals surface area contributed by atoms with Crippen molar-refractivity contribution >= 4 is 40.8 Å². The molecule has 13 heteroatoms. The second-order valence-electron chi connectivity index (χ2n) is 13.7. The van der Waals surface area contributed by atoms with Crippen LogP contribution in [0.1, 0.15) is 74.2 Å². The molecular weight excluding hydrogens is 702 g/mol. The summed E-state index contributed by atoms with van der Waals surface area (Å²) in [6.07, 6.45) is -0.0386. The standard InChI is InChI=1S/C42H51N5O8/c1-3-46(4-2)42(52)54-32-26-35(36(48)25-31(19-13-14-24-43)38(49)39-44-33-20-11-12-21-37(33)55-39)47(27-32)40(50)34(23-22-29-15-7-5-8-16-29)45-41(51)53-28-30-17-9-6-10-18-30/h5-12,15-18,20-21,31-32,34-35H,3-4,13-14,19,22-28,43H2,1-2H3,(H,45,51)/t31-,32-,34-,35+/m1/s1. The zero-order valence-corrected chi connectivity index (χ0v) is 31.6. The number of nitrogens with zero attached hydrogens (tertiary/aromatic N) is 3. The minimum absolute atomic E-state index is 0.000136. The molecule has 0 radical (unpaired) electrons. The molecule has 55 heavy (non-hydrogen) atoms. The number of oxazole rings is 1. The van der Waals surface area contributed by atoms with Gasteiger partial charge in [0, 0.05) is 31.8 Å². The van der Waals surface area contributed by atoms with E-state index in [9.17, 15) is 24.0 Å². The molecule has 2 heterocycles. The van der Waals surface area contributed by atoms with Crippen molar-refractivity contribution < 1.29 is 37.9 Å². The lowest BCUT2D eigenvalue weighted by atomic mass is 9.89. The second kappa shape index (κ2) is 20.2. The number of hydrogen-bond donors (Lipinski definition) is 2. The SMILES string of the molecule is CCN(CC)C(=O)O[C@@H]1C[C@@H](C(=O)C[C@@H](CCCCN)C(=O)c2nc3ccccc3o2)N(C(=O)[C@@H](CCc2ccccc2)NC(=O)OCc2ccccc2)C1. The number of carbonyl (C=O) groups is 5. The predicted octanol–water partition coefficient (Wildman–Crippen LogP) is 6.09. The number of alkyl carbamates (subject to hydrolysis) is 1. The van der Waals surface area contributed by atoms with E-state index < -0.39 is 48.0 Å². The first-order chi connectivity index (χ1) is 26.7. The van der Waals surface area contributed by atoms with Crippen LogP contribution in [-0.4, -0.2) is 88.8 Å². The summed E-state index contributed by atoms with van der Waals surface area (Å²) in [4.78, 5) is 76.3. The first kappa shape index (κ1) is 40.6. The highest BCUT2D eigenvalue weighted by Crippen LogP contribution is 2.29. The van der Waals surface area contributed by atoms with Gasteiger partial charge in [-0.1, -0.05) is 79.2 Å². The number of fused-ring (bicyclic) bond motifs is 1. The Morgan fingerprint density at radius 2 is 1.58 bits per heavy atom. The van der Waals surface area contributed by atoms with E-state index in [1.807, 2.05) is 74.5 Å². The van der Waals surface area contributed by atoms with E-state index in [1.165, 1.54) is 9.80 Å². The van der Waals surface area contributed by atoms with Gasteiger partial charge >= 0.3 is 12.2 Å². The van der Waals surface area contributed by atoms with Crippen LogP contribution in [0, 0.1) is 5.92 Å². The molecule has 1 aromatic heterocycles. The Balaban J connectivity index is 1.39. The maximum atomic E-state index is 14.6. The van der Waals surface area contributed by atoms with Gasteiger partial charge in [-0.05, 0) is 69.3 Å². The van der Waals surface area contributed by atoms with Gasteiger partial charge in [0.2, 0.25) is 11.7 Å². The van der Waals surface area contributed by atoms with Gasteiger partial charge in [0.1, 0.15) is 24.3 Å². The first-order valence-electron chi connectivity index (χ1n) is 19.1. The highest BCUT2D eigenvalue weighted by molar-refractivity contribution is 6.00. The molecule has 4 aromatic rings. The summed E-state index contributed by atoms with van der Waals surface area (Å²) in [5.74, 6) is -2.18. The van der Waals surface area contributed by atoms with Crippen molar-refractivity contribution in [3.63, 3.8) is 0 Å². The first-order valence-corrected chi connectivity index (χ1v) is 19.1. The maximum Gasteiger partial charge on any atom is 0.410 e. The van der Waals surface area contributed by atoms with Crippen molar-refractivity contribution in [2.75, 3.05) is 26.2 Å². The molecule has 3 amide bonds. The number of aryl methyl sites for hydroxylation is 1. The third-order valence-electron chi connectivity index (χ3n) is 9.90. The highest BCUT2D eigenvalue weighted by atomic mass is 16.6. The van der Waals surface area contributed by atoms with Gasteiger partial charge in [-0.25, -0.2) is 14.6 Å². The Bertz CT molecular complexity index is 1850. The molecule has 0 spiro atoms. The van der Waals surface area contributed by atoms with Gasteiger partial charge in [0.25, 0.3) is 5.89 Å². The Morgan fingerprint density at radius 3 is 2.25 bits per heavy atom. The van der Waals surface area contributed by atoms with Crippen molar-refractivity contribution in [3.8, 4) is 0 Å². The smallest absolute Gasteiger partial charge is 0.410 e. The molecule has 3 N–H and O–H groups in total. The van der Waals surface area contributed by atoms with E-state index in [0.717, 1.165) is 11.1 Å². The van der Waals surface area contributed by atoms with Crippen LogP contribution in [0.4, 0.5) is 9.59 Å². The fourth-order valence-corrected chi connectivity index (χ4v) is 6.84. The molecule has 0 saturated carbocycles. The van der Waals surface area contributed by atoms with Crippen LogP contribution < -0.4 is 11.1 Å². The minimum atomic E-state index is -1.07. The number of ether oxygens (including phenoxy) is 2. The molecule has 0 bridgehead atoms. The van der Waals surface area contributed by atoms with E-state index in [2.05, 4.69) is 10.3 Å². The van der Waals surface area contributed by atoms with Crippen molar-refractivity contribution in [3.05, 3.63) is 102 Å². The van der Waals surface area contributed by atoms with Gasteiger partial charge in [-0.15, -0.1) is 0 Å². The lowest BCUT2D eigenvalue weighted by molar-refractivity contribution is -0.139. The zero-order valence-electron chi connectivity index (χ0n) is 31.6. The van der Waals surface area contributed by atoms with E-state index in [-0.39, 0.29) is 44.1 Å². The molecule has 1 fully saturated rings. The molecule has 13 nitrogen and oxygen atoms in total. The third kappa shape index (κ3) is 11.2. The molecule has 1 aliphatic rings. The monoisotopic (exact) mass is 753 g/mol. The molecule has 1 saturated heterocycles. The Morgan fingerprint density at radius 1 is 0.909 bits per heavy atom. The van der Waals surface area contributed by atoms with E-state index in [1.54, 1.807) is 24.3 Å². The summed E-state index contributed by atoms with van der Waals surface area (Å²) in [7, 11) is 0. The summed E-state index contributed by atoms with van der Waals surface area (Å²) in [6.45, 7) is 4.87. The van der Waals surface area contributed by atoms with E-state index >= 15 is 0 Å². The topological polar surface area (TPSA) is 174 Å². The average Bonchev–Trinajstić information content (AvgIpc) is 3.84. The van der Waals surface area contributed by atoms with E-state index in [4.69, 9.17) is 19.6 Å². The van der Waals surface area contributed by atoms with Gasteiger partial charge in [-0.2, -0.15) is 0 Å². The number of ketones is 2. The lowest BCUT2D eigenvalue weighted by Crippen LogP contribution is -2.52. The highest BCUT2D eigenvalue weighted by Gasteiger charge is 2.44. The number of Topliss-reactive ketones (excluding diaryl/α,β-unsaturated/α-hetero) is 2. The Hall–Kier alpha value is -5.56. The number of carbonyl (C=O) groups excluding carboxylic acids is 5.